The lowest BCUT2D eigenvalue weighted by molar-refractivity contribution is -0.164. The summed E-state index contributed by atoms with van der Waals surface area (Å²) >= 11 is 0. The number of carbonyl (C=O) groups is 2. The van der Waals surface area contributed by atoms with Crippen molar-refractivity contribution in [3.63, 3.8) is 0 Å². The molecule has 2 N–H and O–H groups in total. The zero-order valence-electron chi connectivity index (χ0n) is 42.0. The van der Waals surface area contributed by atoms with Crippen molar-refractivity contribution in [2.24, 2.45) is 5.92 Å². The van der Waals surface area contributed by atoms with Crippen LogP contribution >= 0.6 is 0 Å². The Morgan fingerprint density at radius 1 is 0.275 bits per heavy atom. The van der Waals surface area contributed by atoms with Crippen LogP contribution in [-0.2, 0) is 94.9 Å². The lowest BCUT2D eigenvalue weighted by atomic mass is 10.0. The average molecular weight is 1010 g/mol. The molecule has 0 fully saturated rings. The van der Waals surface area contributed by atoms with Gasteiger partial charge in [-0.05, 0) is 6.42 Å². The summed E-state index contributed by atoms with van der Waals surface area (Å²) in [6.07, 6.45) is 6.48. The zero-order valence-corrected chi connectivity index (χ0v) is 42.0. The molecule has 0 spiro atoms. The summed E-state index contributed by atoms with van der Waals surface area (Å²) in [7, 11) is 0. The fourth-order valence-corrected chi connectivity index (χ4v) is 5.48. The molecule has 0 aliphatic heterocycles. The van der Waals surface area contributed by atoms with Gasteiger partial charge in [-0.15, -0.1) is 0 Å². The first-order valence-electron chi connectivity index (χ1n) is 25.0. The maximum absolute atomic E-state index is 12.9. The molecule has 0 saturated carbocycles. The normalized spacial score (nSPS) is 11.6. The minimum atomic E-state index is -1.00. The van der Waals surface area contributed by atoms with Gasteiger partial charge in [0.1, 0.15) is 13.2 Å². The molecule has 0 rings (SSSR count). The van der Waals surface area contributed by atoms with Crippen molar-refractivity contribution >= 4 is 11.9 Å². The van der Waals surface area contributed by atoms with Crippen LogP contribution in [0.15, 0.2) is 0 Å². The van der Waals surface area contributed by atoms with Crippen LogP contribution in [0.25, 0.3) is 0 Å². The Morgan fingerprint density at radius 2 is 0.464 bits per heavy atom. The van der Waals surface area contributed by atoms with Crippen LogP contribution in [0.2, 0.25) is 0 Å². The molecule has 0 radical (unpaired) electrons. The summed E-state index contributed by atoms with van der Waals surface area (Å²) < 4.78 is 97.5. The monoisotopic (exact) mass is 1010 g/mol. The maximum Gasteiger partial charge on any atom is 0.320 e. The molecule has 0 atom stereocenters. The Balaban J connectivity index is 3.77. The van der Waals surface area contributed by atoms with Crippen LogP contribution in [-0.4, -0.2) is 260 Å². The molecule has 0 heterocycles. The van der Waals surface area contributed by atoms with E-state index in [0.29, 0.717) is 205 Å². The average Bonchev–Trinajstić information content (AvgIpc) is 3.35. The van der Waals surface area contributed by atoms with Gasteiger partial charge < -0.3 is 95.5 Å². The van der Waals surface area contributed by atoms with Crippen molar-refractivity contribution in [3.05, 3.63) is 0 Å². The molecule has 0 bridgehead atoms. The second kappa shape index (κ2) is 60.5. The van der Waals surface area contributed by atoms with Crippen LogP contribution in [0.4, 0.5) is 0 Å². The molecule has 22 nitrogen and oxygen atoms in total. The quantitative estimate of drug-likeness (QED) is 0.0501. The van der Waals surface area contributed by atoms with Gasteiger partial charge in [-0.25, -0.2) is 0 Å². The molecule has 0 amide bonds. The number of esters is 2. The van der Waals surface area contributed by atoms with E-state index in [9.17, 15) is 9.59 Å². The van der Waals surface area contributed by atoms with Crippen LogP contribution in [0.3, 0.4) is 0 Å². The Bertz CT molecular complexity index is 936. The van der Waals surface area contributed by atoms with Crippen molar-refractivity contribution in [3.8, 4) is 0 Å². The molecular formula is C47H92O22. The third-order valence-electron chi connectivity index (χ3n) is 9.04. The Hall–Kier alpha value is -1.78. The summed E-state index contributed by atoms with van der Waals surface area (Å²) in [5.74, 6) is -2.23. The van der Waals surface area contributed by atoms with Crippen molar-refractivity contribution in [1.29, 1.82) is 0 Å². The van der Waals surface area contributed by atoms with E-state index in [1.165, 1.54) is 0 Å². The van der Waals surface area contributed by atoms with E-state index in [-0.39, 0.29) is 39.6 Å². The molecule has 0 aromatic rings. The fraction of sp³-hybridized carbons (Fsp3) is 0.957. The fourth-order valence-electron chi connectivity index (χ4n) is 5.48. The van der Waals surface area contributed by atoms with Crippen LogP contribution in [0.5, 0.6) is 0 Å². The summed E-state index contributed by atoms with van der Waals surface area (Å²) in [6.45, 7) is 15.4. The topological polar surface area (TPSA) is 241 Å². The van der Waals surface area contributed by atoms with E-state index in [4.69, 9.17) is 95.5 Å². The molecule has 0 aliphatic rings. The van der Waals surface area contributed by atoms with E-state index in [2.05, 4.69) is 6.92 Å². The third kappa shape index (κ3) is 55.4. The Kier molecular flexibility index (Phi) is 59.0. The highest BCUT2D eigenvalue weighted by Gasteiger charge is 2.29. The number of unbranched alkanes of at least 4 members (excludes halogenated alkanes) is 5. The van der Waals surface area contributed by atoms with Crippen molar-refractivity contribution in [2.75, 3.05) is 238 Å². The molecule has 412 valence electrons. The number of hydrogen-bond donors (Lipinski definition) is 2. The Morgan fingerprint density at radius 3 is 0.681 bits per heavy atom. The molecule has 0 unspecified atom stereocenters. The van der Waals surface area contributed by atoms with Gasteiger partial charge in [0.25, 0.3) is 0 Å². The van der Waals surface area contributed by atoms with Gasteiger partial charge in [-0.3, -0.25) is 9.59 Å². The summed E-state index contributed by atoms with van der Waals surface area (Å²) in [5, 5.41) is 17.2. The van der Waals surface area contributed by atoms with Crippen molar-refractivity contribution in [1.82, 2.24) is 0 Å². The standard InChI is InChI=1S/C47H92O22/c1-2-3-4-5-6-7-8-45(46(50)68-43-41-66-39-37-64-35-33-62-31-29-60-27-25-58-23-21-56-19-17-54-15-13-52-11-9-48)47(51)69-44-42-67-40-38-65-36-34-63-32-30-61-28-26-59-24-22-57-20-18-55-16-14-53-12-10-49/h45,48-49H,2-44H2,1H3. The number of carbonyl (C=O) groups excluding carboxylic acids is 2. The lowest BCUT2D eigenvalue weighted by Gasteiger charge is -2.16. The van der Waals surface area contributed by atoms with Gasteiger partial charge >= 0.3 is 11.9 Å². The third-order valence-corrected chi connectivity index (χ3v) is 9.04. The van der Waals surface area contributed by atoms with Crippen LogP contribution in [0, 0.1) is 5.92 Å². The first-order chi connectivity index (χ1) is 34.2. The highest BCUT2D eigenvalue weighted by Crippen LogP contribution is 2.16. The minimum absolute atomic E-state index is 0.00788. The van der Waals surface area contributed by atoms with Gasteiger partial charge in [-0.2, -0.15) is 0 Å². The Labute approximate surface area is 411 Å². The second-order valence-electron chi connectivity index (χ2n) is 14.7. The number of hydrogen-bond acceptors (Lipinski definition) is 22. The number of aliphatic hydroxyl groups excluding tert-OH is 2. The van der Waals surface area contributed by atoms with Crippen LogP contribution < -0.4 is 0 Å². The van der Waals surface area contributed by atoms with E-state index < -0.39 is 17.9 Å². The largest absolute Gasteiger partial charge is 0.463 e. The number of aliphatic hydroxyl groups is 2. The molecule has 0 saturated heterocycles. The highest BCUT2D eigenvalue weighted by molar-refractivity contribution is 5.94. The minimum Gasteiger partial charge on any atom is -0.463 e. The van der Waals surface area contributed by atoms with E-state index in [1.807, 2.05) is 0 Å². The number of ether oxygens (including phenoxy) is 18. The molecular weight excluding hydrogens is 916 g/mol. The van der Waals surface area contributed by atoms with Crippen LogP contribution in [0.1, 0.15) is 51.9 Å². The van der Waals surface area contributed by atoms with E-state index >= 15 is 0 Å². The zero-order chi connectivity index (χ0) is 49.9. The predicted molar refractivity (Wildman–Crippen MR) is 251 cm³/mol. The summed E-state index contributed by atoms with van der Waals surface area (Å²) in [5.41, 5.74) is 0. The predicted octanol–water partition coefficient (Wildman–Crippen LogP) is 1.69. The van der Waals surface area contributed by atoms with Gasteiger partial charge in [-0.1, -0.05) is 45.4 Å². The SMILES string of the molecule is CCCCCCCCC(C(=O)OCCOCCOCCOCCOCCOCCOCCOCCOCCO)C(=O)OCCOCCOCCOCCOCCOCCOCCOCCOCCO. The highest BCUT2D eigenvalue weighted by atomic mass is 16.6. The molecule has 0 aromatic carbocycles. The molecule has 69 heavy (non-hydrogen) atoms. The van der Waals surface area contributed by atoms with Gasteiger partial charge in [0, 0.05) is 0 Å². The van der Waals surface area contributed by atoms with Gasteiger partial charge in [0.15, 0.2) is 5.92 Å². The van der Waals surface area contributed by atoms with Gasteiger partial charge in [0.2, 0.25) is 0 Å². The lowest BCUT2D eigenvalue weighted by Crippen LogP contribution is -2.30. The van der Waals surface area contributed by atoms with E-state index in [1.54, 1.807) is 0 Å². The van der Waals surface area contributed by atoms with Gasteiger partial charge in [0.05, 0.1) is 225 Å². The number of rotatable bonds is 61. The molecule has 22 heteroatoms. The molecule has 0 aliphatic carbocycles. The van der Waals surface area contributed by atoms with E-state index in [0.717, 1.165) is 38.5 Å². The summed E-state index contributed by atoms with van der Waals surface area (Å²) in [4.78, 5) is 25.8. The summed E-state index contributed by atoms with van der Waals surface area (Å²) in [6, 6.07) is 0. The first-order valence-corrected chi connectivity index (χ1v) is 25.0. The van der Waals surface area contributed by atoms with Crippen molar-refractivity contribution < 1.29 is 105 Å². The first kappa shape index (κ1) is 67.2. The van der Waals surface area contributed by atoms with Crippen molar-refractivity contribution in [2.45, 2.75) is 51.9 Å². The molecule has 0 aromatic heterocycles. The maximum atomic E-state index is 12.9. The smallest absolute Gasteiger partial charge is 0.320 e. The second-order valence-corrected chi connectivity index (χ2v) is 14.7.